The molecule has 31 heavy (non-hydrogen) atoms. The minimum absolute atomic E-state index is 0. The summed E-state index contributed by atoms with van der Waals surface area (Å²) in [5.41, 5.74) is 2.99. The van der Waals surface area contributed by atoms with E-state index in [4.69, 9.17) is 20.2 Å². The predicted molar refractivity (Wildman–Crippen MR) is 115 cm³/mol. The van der Waals surface area contributed by atoms with E-state index in [-0.39, 0.29) is 21.1 Å². The van der Waals surface area contributed by atoms with Crippen molar-refractivity contribution >= 4 is 0 Å². The second-order valence-electron chi connectivity index (χ2n) is 8.97. The van der Waals surface area contributed by atoms with E-state index in [0.29, 0.717) is 0 Å². The van der Waals surface area contributed by atoms with Crippen LogP contribution in [-0.2, 0) is 46.0 Å². The Morgan fingerprint density at radius 2 is 1.06 bits per heavy atom. The molecular weight excluding hydrogens is 567 g/mol. The first-order valence-electron chi connectivity index (χ1n) is 10.1. The summed E-state index contributed by atoms with van der Waals surface area (Å²) in [4.78, 5) is 9.85. The molecule has 160 valence electrons. The molecule has 3 heterocycles. The number of aromatic nitrogens is 6. The summed E-state index contributed by atoms with van der Waals surface area (Å²) in [5.74, 6) is 3.08. The Morgan fingerprint density at radius 3 is 1.45 bits per heavy atom. The first-order chi connectivity index (χ1) is 14.2. The largest absolute Gasteiger partial charge is 2.00 e. The van der Waals surface area contributed by atoms with E-state index in [1.807, 2.05) is 47.7 Å². The molecule has 0 saturated carbocycles. The van der Waals surface area contributed by atoms with E-state index in [9.17, 15) is 0 Å². The number of hydrogen-bond acceptors (Lipinski definition) is 4. The molecule has 2 aromatic carbocycles. The molecule has 0 N–H and O–H groups in total. The second kappa shape index (κ2) is 7.23. The fourth-order valence-electron chi connectivity index (χ4n) is 3.94. The maximum absolute atomic E-state index is 4.92. The summed E-state index contributed by atoms with van der Waals surface area (Å²) in [6.45, 7) is 8.50. The fourth-order valence-corrected chi connectivity index (χ4v) is 3.94. The van der Waals surface area contributed by atoms with Gasteiger partial charge in [-0.15, -0.1) is 70.8 Å². The molecule has 0 spiro atoms. The van der Waals surface area contributed by atoms with Crippen LogP contribution in [0.1, 0.15) is 50.5 Å². The summed E-state index contributed by atoms with van der Waals surface area (Å²) < 4.78 is 3.67. The maximum Gasteiger partial charge on any atom is 2.00 e. The molecule has 0 atom stereocenters. The van der Waals surface area contributed by atoms with E-state index in [2.05, 4.69) is 52.0 Å². The van der Waals surface area contributed by atoms with Crippen molar-refractivity contribution < 1.29 is 21.1 Å². The Balaban J connectivity index is 0.00000231. The van der Waals surface area contributed by atoms with Crippen molar-refractivity contribution in [3.05, 3.63) is 71.3 Å². The van der Waals surface area contributed by atoms with E-state index >= 15 is 0 Å². The SMILES string of the molecule is Cn1nc2nc1-c1[c-]c(ccc1)C(C)(C)c1nc(n(C)n1)-c1[c-]c(ccc1)C2(C)C.[Pt+2]. The van der Waals surface area contributed by atoms with Gasteiger partial charge in [-0.2, -0.15) is 10.2 Å². The Bertz CT molecular complexity index is 1180. The molecule has 0 radical (unpaired) electrons. The molecule has 4 aromatic rings. The van der Waals surface area contributed by atoms with E-state index in [0.717, 1.165) is 45.6 Å². The van der Waals surface area contributed by atoms with Crippen molar-refractivity contribution in [2.45, 2.75) is 38.5 Å². The van der Waals surface area contributed by atoms with Crippen LogP contribution in [0.2, 0.25) is 0 Å². The van der Waals surface area contributed by atoms with Crippen LogP contribution in [0.25, 0.3) is 22.8 Å². The Labute approximate surface area is 197 Å². The molecule has 0 aliphatic carbocycles. The third-order valence-corrected chi connectivity index (χ3v) is 6.06. The topological polar surface area (TPSA) is 61.4 Å². The van der Waals surface area contributed by atoms with Crippen molar-refractivity contribution in [3.8, 4) is 22.8 Å². The molecule has 0 saturated heterocycles. The summed E-state index contributed by atoms with van der Waals surface area (Å²) in [5, 5.41) is 9.52. The van der Waals surface area contributed by atoms with Gasteiger partial charge in [0.1, 0.15) is 11.6 Å². The summed E-state index contributed by atoms with van der Waals surface area (Å²) in [6, 6.07) is 19.4. The molecule has 1 aliphatic rings. The van der Waals surface area contributed by atoms with Gasteiger partial charge in [0.05, 0.1) is 11.6 Å². The normalized spacial score (nSPS) is 15.7. The van der Waals surface area contributed by atoms with E-state index in [1.54, 1.807) is 0 Å². The van der Waals surface area contributed by atoms with Gasteiger partial charge < -0.3 is 0 Å². The first-order valence-corrected chi connectivity index (χ1v) is 10.1. The van der Waals surface area contributed by atoms with Crippen LogP contribution < -0.4 is 0 Å². The van der Waals surface area contributed by atoms with Crippen molar-refractivity contribution in [1.29, 1.82) is 0 Å². The molecule has 0 unspecified atom stereocenters. The number of nitrogens with zero attached hydrogens (tertiary/aromatic N) is 6. The van der Waals surface area contributed by atoms with Gasteiger partial charge in [0.2, 0.25) is 0 Å². The van der Waals surface area contributed by atoms with Gasteiger partial charge >= 0.3 is 21.1 Å². The zero-order valence-electron chi connectivity index (χ0n) is 18.5. The predicted octanol–water partition coefficient (Wildman–Crippen LogP) is 3.84. The molecule has 8 bridgehead atoms. The van der Waals surface area contributed by atoms with E-state index < -0.39 is 10.8 Å². The Kier molecular flexibility index (Phi) is 5.05. The van der Waals surface area contributed by atoms with Crippen LogP contribution in [-0.4, -0.2) is 29.5 Å². The monoisotopic (exact) mass is 591 g/mol. The fraction of sp³-hybridized carbons (Fsp3) is 0.333. The number of fused-ring (bicyclic) bond motifs is 10. The third-order valence-electron chi connectivity index (χ3n) is 6.06. The first kappa shape index (κ1) is 21.6. The molecular formula is C24H24N6Pt. The Hall–Kier alpha value is -2.59. The standard InChI is InChI=1S/C24H24N6.Pt/c1-23(2)17-11-7-9-15(13-17)20-26-22(28-30(20)6)24(3,4)18-12-8-10-16(14-18)19-25-21(23)27-29(19)5;/h7-12H,1-6H3;/q-2;+2. The van der Waals surface area contributed by atoms with Crippen LogP contribution >= 0.6 is 0 Å². The molecule has 0 fully saturated rings. The van der Waals surface area contributed by atoms with Crippen LogP contribution in [0.5, 0.6) is 0 Å². The smallest absolute Gasteiger partial charge is 0.289 e. The molecule has 1 aliphatic heterocycles. The molecule has 7 heteroatoms. The molecule has 0 amide bonds. The number of hydrogen-bond donors (Lipinski definition) is 0. The number of aryl methyl sites for hydroxylation is 2. The number of benzene rings is 2. The van der Waals surface area contributed by atoms with Crippen LogP contribution in [0, 0.1) is 12.1 Å². The van der Waals surface area contributed by atoms with Crippen molar-refractivity contribution in [2.24, 2.45) is 14.1 Å². The average Bonchev–Trinajstić information content (AvgIpc) is 3.31. The maximum atomic E-state index is 4.92. The van der Waals surface area contributed by atoms with Gasteiger partial charge in [-0.1, -0.05) is 27.7 Å². The van der Waals surface area contributed by atoms with Crippen LogP contribution in [0.3, 0.4) is 0 Å². The van der Waals surface area contributed by atoms with Crippen molar-refractivity contribution in [2.75, 3.05) is 0 Å². The van der Waals surface area contributed by atoms with Gasteiger partial charge in [0.15, 0.2) is 0 Å². The quantitative estimate of drug-likeness (QED) is 0.292. The van der Waals surface area contributed by atoms with Gasteiger partial charge in [-0.25, -0.2) is 0 Å². The van der Waals surface area contributed by atoms with Crippen molar-refractivity contribution in [3.63, 3.8) is 0 Å². The van der Waals surface area contributed by atoms with Crippen LogP contribution in [0.4, 0.5) is 0 Å². The Morgan fingerprint density at radius 1 is 0.677 bits per heavy atom. The van der Waals surface area contributed by atoms with Crippen LogP contribution in [0.15, 0.2) is 36.4 Å². The molecule has 6 nitrogen and oxygen atoms in total. The number of rotatable bonds is 0. The average molecular weight is 592 g/mol. The zero-order valence-corrected chi connectivity index (χ0v) is 20.7. The summed E-state index contributed by atoms with van der Waals surface area (Å²) >= 11 is 0. The minimum Gasteiger partial charge on any atom is -0.289 e. The minimum atomic E-state index is -0.422. The molecule has 5 rings (SSSR count). The van der Waals surface area contributed by atoms with Gasteiger partial charge in [0.25, 0.3) is 0 Å². The van der Waals surface area contributed by atoms with Gasteiger partial charge in [-0.05, 0) is 0 Å². The second-order valence-corrected chi connectivity index (χ2v) is 8.97. The van der Waals surface area contributed by atoms with Crippen molar-refractivity contribution in [1.82, 2.24) is 29.5 Å². The van der Waals surface area contributed by atoms with E-state index in [1.165, 1.54) is 0 Å². The third kappa shape index (κ3) is 3.28. The summed E-state index contributed by atoms with van der Waals surface area (Å²) in [7, 11) is 3.86. The van der Waals surface area contributed by atoms with Gasteiger partial charge in [-0.3, -0.25) is 19.3 Å². The molecule has 2 aromatic heterocycles. The summed E-state index contributed by atoms with van der Waals surface area (Å²) in [6.07, 6.45) is 0. The zero-order chi connectivity index (χ0) is 21.3. The van der Waals surface area contributed by atoms with Gasteiger partial charge in [0, 0.05) is 24.9 Å².